The maximum atomic E-state index is 12.9. The van der Waals surface area contributed by atoms with Crippen LogP contribution in [-0.2, 0) is 9.59 Å². The first-order chi connectivity index (χ1) is 10.8. The van der Waals surface area contributed by atoms with Crippen molar-refractivity contribution in [1.82, 2.24) is 15.5 Å². The lowest BCUT2D eigenvalue weighted by atomic mass is 9.80. The Bertz CT molecular complexity index is 433. The lowest BCUT2D eigenvalue weighted by Crippen LogP contribution is -2.63. The smallest absolute Gasteiger partial charge is 0.326 e. The maximum absolute atomic E-state index is 12.9. The minimum atomic E-state index is -1.06. The molecule has 0 aromatic heterocycles. The summed E-state index contributed by atoms with van der Waals surface area (Å²) in [7, 11) is 1.48. The third kappa shape index (κ3) is 5.11. The Hall–Kier alpha value is -1.79. The third-order valence-corrected chi connectivity index (χ3v) is 4.54. The molecule has 1 fully saturated rings. The van der Waals surface area contributed by atoms with Crippen molar-refractivity contribution in [2.24, 2.45) is 0 Å². The summed E-state index contributed by atoms with van der Waals surface area (Å²) in [6.45, 7) is 4.07. The number of carbonyl (C=O) groups is 3. The summed E-state index contributed by atoms with van der Waals surface area (Å²) in [5, 5.41) is 14.7. The van der Waals surface area contributed by atoms with E-state index < -0.39 is 17.6 Å². The minimum absolute atomic E-state index is 0.322. The second-order valence-corrected chi connectivity index (χ2v) is 6.31. The van der Waals surface area contributed by atoms with Gasteiger partial charge in [0, 0.05) is 13.6 Å². The predicted octanol–water partition coefficient (Wildman–Crippen LogP) is 1.72. The van der Waals surface area contributed by atoms with Crippen LogP contribution >= 0.6 is 0 Å². The van der Waals surface area contributed by atoms with Crippen LogP contribution in [0.1, 0.15) is 58.8 Å². The Morgan fingerprint density at radius 2 is 1.83 bits per heavy atom. The number of hydrogen-bond acceptors (Lipinski definition) is 3. The molecule has 0 heterocycles. The molecule has 1 aliphatic rings. The highest BCUT2D eigenvalue weighted by Crippen LogP contribution is 2.30. The van der Waals surface area contributed by atoms with Crippen molar-refractivity contribution in [2.45, 2.75) is 70.4 Å². The minimum Gasteiger partial charge on any atom is -0.480 e. The van der Waals surface area contributed by atoms with E-state index >= 15 is 0 Å². The van der Waals surface area contributed by atoms with Crippen LogP contribution < -0.4 is 10.6 Å². The molecule has 7 heteroatoms. The van der Waals surface area contributed by atoms with Gasteiger partial charge >= 0.3 is 12.0 Å². The van der Waals surface area contributed by atoms with E-state index in [4.69, 9.17) is 5.11 Å². The topological polar surface area (TPSA) is 98.7 Å². The second kappa shape index (κ2) is 8.74. The van der Waals surface area contributed by atoms with Crippen molar-refractivity contribution >= 4 is 17.9 Å². The van der Waals surface area contributed by atoms with Crippen LogP contribution in [0.2, 0.25) is 0 Å². The van der Waals surface area contributed by atoms with Gasteiger partial charge in [0.15, 0.2) is 0 Å². The summed E-state index contributed by atoms with van der Waals surface area (Å²) >= 11 is 0. The normalized spacial score (nSPS) is 17.9. The molecule has 132 valence electrons. The Morgan fingerprint density at radius 1 is 1.22 bits per heavy atom. The zero-order chi connectivity index (χ0) is 17.5. The molecule has 0 spiro atoms. The molecule has 0 aliphatic heterocycles. The van der Waals surface area contributed by atoms with E-state index in [1.807, 2.05) is 6.92 Å². The number of carboxylic acid groups (broad SMARTS) is 1. The fourth-order valence-corrected chi connectivity index (χ4v) is 2.87. The van der Waals surface area contributed by atoms with Gasteiger partial charge in [-0.1, -0.05) is 32.6 Å². The van der Waals surface area contributed by atoms with Crippen LogP contribution in [-0.4, -0.2) is 53.1 Å². The third-order valence-electron chi connectivity index (χ3n) is 4.54. The van der Waals surface area contributed by atoms with Gasteiger partial charge in [-0.05, 0) is 26.2 Å². The number of nitrogens with zero attached hydrogens (tertiary/aromatic N) is 1. The molecule has 0 bridgehead atoms. The summed E-state index contributed by atoms with van der Waals surface area (Å²) in [5.41, 5.74) is -0.993. The Morgan fingerprint density at radius 3 is 2.35 bits per heavy atom. The number of carboxylic acids is 1. The number of aliphatic carboxylic acids is 1. The number of likely N-dealkylation sites (N-methyl/N-ethyl adjacent to an activating group) is 1. The maximum Gasteiger partial charge on any atom is 0.326 e. The van der Waals surface area contributed by atoms with Crippen molar-refractivity contribution in [1.29, 1.82) is 0 Å². The van der Waals surface area contributed by atoms with E-state index in [0.717, 1.165) is 32.1 Å². The van der Waals surface area contributed by atoms with Crippen LogP contribution in [0.5, 0.6) is 0 Å². The number of amides is 3. The fraction of sp³-hybridized carbons (Fsp3) is 0.812. The van der Waals surface area contributed by atoms with Crippen molar-refractivity contribution in [3.63, 3.8) is 0 Å². The highest BCUT2D eigenvalue weighted by atomic mass is 16.4. The molecule has 7 nitrogen and oxygen atoms in total. The van der Waals surface area contributed by atoms with Gasteiger partial charge in [-0.2, -0.15) is 0 Å². The SMILES string of the molecule is CCCCNC(=O)NC1(C(=O)N(C)C(C)C(=O)O)CCCCC1. The van der Waals surface area contributed by atoms with Gasteiger partial charge in [-0.3, -0.25) is 4.79 Å². The van der Waals surface area contributed by atoms with E-state index in [1.165, 1.54) is 18.9 Å². The fourth-order valence-electron chi connectivity index (χ4n) is 2.87. The Balaban J connectivity index is 2.83. The number of unbranched alkanes of at least 4 members (excludes halogenated alkanes) is 1. The lowest BCUT2D eigenvalue weighted by molar-refractivity contribution is -0.151. The molecule has 0 aromatic carbocycles. The zero-order valence-electron chi connectivity index (χ0n) is 14.4. The molecule has 23 heavy (non-hydrogen) atoms. The first-order valence-corrected chi connectivity index (χ1v) is 8.40. The van der Waals surface area contributed by atoms with Gasteiger partial charge in [0.25, 0.3) is 0 Å². The molecule has 0 saturated heterocycles. The molecular formula is C16H29N3O4. The van der Waals surface area contributed by atoms with Gasteiger partial charge in [-0.15, -0.1) is 0 Å². The summed E-state index contributed by atoms with van der Waals surface area (Å²) in [5.74, 6) is -1.38. The number of urea groups is 1. The van der Waals surface area contributed by atoms with Crippen LogP contribution in [0.4, 0.5) is 4.79 Å². The van der Waals surface area contributed by atoms with E-state index in [9.17, 15) is 14.4 Å². The average Bonchev–Trinajstić information content (AvgIpc) is 2.53. The number of nitrogens with one attached hydrogen (secondary N) is 2. The van der Waals surface area contributed by atoms with Gasteiger partial charge in [-0.25, -0.2) is 9.59 Å². The first-order valence-electron chi connectivity index (χ1n) is 8.40. The van der Waals surface area contributed by atoms with Crippen molar-refractivity contribution < 1.29 is 19.5 Å². The molecule has 0 aromatic rings. The molecule has 1 rings (SSSR count). The summed E-state index contributed by atoms with van der Waals surface area (Å²) < 4.78 is 0. The Kier molecular flexibility index (Phi) is 7.32. The standard InChI is InChI=1S/C16H29N3O4/c1-4-5-11-17-15(23)18-16(9-7-6-8-10-16)14(22)19(3)12(2)13(20)21/h12H,4-11H2,1-3H3,(H,20,21)(H2,17,18,23). The monoisotopic (exact) mass is 327 g/mol. The summed E-state index contributed by atoms with van der Waals surface area (Å²) in [6.07, 6.45) is 5.65. The van der Waals surface area contributed by atoms with E-state index in [0.29, 0.717) is 19.4 Å². The summed E-state index contributed by atoms with van der Waals surface area (Å²) in [6, 6.07) is -1.28. The average molecular weight is 327 g/mol. The second-order valence-electron chi connectivity index (χ2n) is 6.31. The molecule has 1 aliphatic carbocycles. The van der Waals surface area contributed by atoms with E-state index in [1.54, 1.807) is 0 Å². The number of hydrogen-bond donors (Lipinski definition) is 3. The largest absolute Gasteiger partial charge is 0.480 e. The molecule has 1 unspecified atom stereocenters. The van der Waals surface area contributed by atoms with Crippen molar-refractivity contribution in [2.75, 3.05) is 13.6 Å². The van der Waals surface area contributed by atoms with Crippen molar-refractivity contribution in [3.05, 3.63) is 0 Å². The number of rotatable bonds is 7. The van der Waals surface area contributed by atoms with Crippen LogP contribution in [0.15, 0.2) is 0 Å². The molecule has 3 amide bonds. The van der Waals surface area contributed by atoms with E-state index in [2.05, 4.69) is 10.6 Å². The number of carbonyl (C=O) groups excluding carboxylic acids is 2. The zero-order valence-corrected chi connectivity index (χ0v) is 14.4. The van der Waals surface area contributed by atoms with Gasteiger partial charge in [0.2, 0.25) is 5.91 Å². The predicted molar refractivity (Wildman–Crippen MR) is 87.1 cm³/mol. The highest BCUT2D eigenvalue weighted by Gasteiger charge is 2.44. The van der Waals surface area contributed by atoms with Crippen LogP contribution in [0, 0.1) is 0 Å². The van der Waals surface area contributed by atoms with Crippen molar-refractivity contribution in [3.8, 4) is 0 Å². The van der Waals surface area contributed by atoms with Crippen LogP contribution in [0.3, 0.4) is 0 Å². The highest BCUT2D eigenvalue weighted by molar-refractivity contribution is 5.93. The first kappa shape index (κ1) is 19.3. The Labute approximate surface area is 137 Å². The van der Waals surface area contributed by atoms with Gasteiger partial charge < -0.3 is 20.6 Å². The van der Waals surface area contributed by atoms with Gasteiger partial charge in [0.1, 0.15) is 11.6 Å². The lowest BCUT2D eigenvalue weighted by Gasteiger charge is -2.40. The molecule has 1 atom stereocenters. The van der Waals surface area contributed by atoms with Crippen LogP contribution in [0.25, 0.3) is 0 Å². The molecule has 1 saturated carbocycles. The quantitative estimate of drug-likeness (QED) is 0.620. The molecule has 3 N–H and O–H groups in total. The molecular weight excluding hydrogens is 298 g/mol. The summed E-state index contributed by atoms with van der Waals surface area (Å²) in [4.78, 5) is 37.3. The van der Waals surface area contributed by atoms with E-state index in [-0.39, 0.29) is 11.9 Å². The molecule has 0 radical (unpaired) electrons. The van der Waals surface area contributed by atoms with Gasteiger partial charge in [0.05, 0.1) is 0 Å².